The average Bonchev–Trinajstić information content (AvgIpc) is 2.77. The van der Waals surface area contributed by atoms with Gasteiger partial charge in [0.2, 0.25) is 5.88 Å². The normalized spacial score (nSPS) is 11.2. The summed E-state index contributed by atoms with van der Waals surface area (Å²) in [6.07, 6.45) is 0. The van der Waals surface area contributed by atoms with Crippen LogP contribution in [0.25, 0.3) is 11.0 Å². The zero-order valence-corrected chi connectivity index (χ0v) is 14.4. The Morgan fingerprint density at radius 2 is 1.92 bits per heavy atom. The molecule has 0 amide bonds. The van der Waals surface area contributed by atoms with E-state index in [1.807, 2.05) is 0 Å². The number of hydrogen-bond acceptors (Lipinski definition) is 3. The van der Waals surface area contributed by atoms with Crippen molar-refractivity contribution in [3.63, 3.8) is 0 Å². The Balaban J connectivity index is 1.99. The molecule has 0 saturated carbocycles. The second kappa shape index (κ2) is 6.74. The van der Waals surface area contributed by atoms with Crippen molar-refractivity contribution in [1.29, 1.82) is 0 Å². The molecule has 0 fully saturated rings. The summed E-state index contributed by atoms with van der Waals surface area (Å²) in [4.78, 5) is 4.19. The molecule has 2 heterocycles. The van der Waals surface area contributed by atoms with Crippen LogP contribution in [0, 0.1) is 18.6 Å². The van der Waals surface area contributed by atoms with Gasteiger partial charge < -0.3 is 4.74 Å². The van der Waals surface area contributed by atoms with Gasteiger partial charge in [-0.1, -0.05) is 29.3 Å². The molecule has 3 rings (SSSR count). The first-order valence-corrected chi connectivity index (χ1v) is 8.08. The molecule has 0 aliphatic rings. The Morgan fingerprint density at radius 3 is 2.54 bits per heavy atom. The van der Waals surface area contributed by atoms with Crippen molar-refractivity contribution in [2.75, 3.05) is 0 Å². The highest BCUT2D eigenvalue weighted by Crippen LogP contribution is 2.36. The van der Waals surface area contributed by atoms with Gasteiger partial charge in [-0.05, 0) is 25.1 Å². The van der Waals surface area contributed by atoms with Crippen LogP contribution in [0.2, 0.25) is 10.2 Å². The standard InChI is InChI=1S/C15H9Cl2F3N2OS/c1-7-13-12(22(24-20)14(7)17)5-9(16)15(21-13)23-6-8-10(18)3-2-4-11(8)19/h2-5H,6H2,1H3. The van der Waals surface area contributed by atoms with Crippen LogP contribution in [0.1, 0.15) is 11.1 Å². The van der Waals surface area contributed by atoms with E-state index < -0.39 is 11.6 Å². The van der Waals surface area contributed by atoms with E-state index in [4.69, 9.17) is 27.9 Å². The van der Waals surface area contributed by atoms with Crippen LogP contribution in [0.3, 0.4) is 0 Å². The molecule has 9 heteroatoms. The van der Waals surface area contributed by atoms with Crippen molar-refractivity contribution >= 4 is 46.6 Å². The average molecular weight is 393 g/mol. The van der Waals surface area contributed by atoms with E-state index in [1.54, 1.807) is 6.92 Å². The third-order valence-electron chi connectivity index (χ3n) is 3.47. The summed E-state index contributed by atoms with van der Waals surface area (Å²) >= 11 is 12.0. The minimum absolute atomic E-state index is 0.0207. The molecule has 0 bridgehead atoms. The van der Waals surface area contributed by atoms with E-state index in [0.717, 1.165) is 16.1 Å². The van der Waals surface area contributed by atoms with E-state index in [1.165, 1.54) is 12.1 Å². The molecule has 3 nitrogen and oxygen atoms in total. The summed E-state index contributed by atoms with van der Waals surface area (Å²) in [5.41, 5.74) is 1.07. The lowest BCUT2D eigenvalue weighted by molar-refractivity contribution is 0.282. The van der Waals surface area contributed by atoms with Gasteiger partial charge in [-0.2, -0.15) is 0 Å². The molecule has 126 valence electrons. The van der Waals surface area contributed by atoms with Gasteiger partial charge in [0.1, 0.15) is 28.4 Å². The molecule has 0 aliphatic heterocycles. The highest BCUT2D eigenvalue weighted by atomic mass is 35.5. The summed E-state index contributed by atoms with van der Waals surface area (Å²) in [6, 6.07) is 4.95. The summed E-state index contributed by atoms with van der Waals surface area (Å²) in [6.45, 7) is 1.28. The summed E-state index contributed by atoms with van der Waals surface area (Å²) < 4.78 is 46.8. The maximum absolute atomic E-state index is 13.6. The van der Waals surface area contributed by atoms with Gasteiger partial charge in [0.15, 0.2) is 12.3 Å². The quantitative estimate of drug-likeness (QED) is 0.553. The van der Waals surface area contributed by atoms with Gasteiger partial charge in [0, 0.05) is 5.56 Å². The van der Waals surface area contributed by atoms with Gasteiger partial charge >= 0.3 is 0 Å². The number of aryl methyl sites for hydroxylation is 1. The summed E-state index contributed by atoms with van der Waals surface area (Å²) in [5, 5.41) is 0.238. The molecule has 0 radical (unpaired) electrons. The predicted octanol–water partition coefficient (Wildman–Crippen LogP) is 5.89. The van der Waals surface area contributed by atoms with Crippen molar-refractivity contribution in [1.82, 2.24) is 8.96 Å². The lowest BCUT2D eigenvalue weighted by Crippen LogP contribution is -2.03. The zero-order chi connectivity index (χ0) is 17.4. The van der Waals surface area contributed by atoms with Crippen molar-refractivity contribution in [2.24, 2.45) is 0 Å². The van der Waals surface area contributed by atoms with E-state index in [-0.39, 0.29) is 40.6 Å². The van der Waals surface area contributed by atoms with E-state index >= 15 is 0 Å². The monoisotopic (exact) mass is 392 g/mol. The second-order valence-electron chi connectivity index (χ2n) is 4.91. The number of nitrogens with zero attached hydrogens (tertiary/aromatic N) is 2. The highest BCUT2D eigenvalue weighted by Gasteiger charge is 2.19. The molecular weight excluding hydrogens is 384 g/mol. The maximum atomic E-state index is 13.6. The Kier molecular flexibility index (Phi) is 4.85. The Morgan fingerprint density at radius 1 is 1.25 bits per heavy atom. The van der Waals surface area contributed by atoms with E-state index in [0.29, 0.717) is 16.6 Å². The lowest BCUT2D eigenvalue weighted by atomic mass is 10.2. The third-order valence-corrected chi connectivity index (χ3v) is 4.81. The minimum atomic E-state index is -0.730. The molecule has 2 aromatic heterocycles. The molecule has 0 spiro atoms. The van der Waals surface area contributed by atoms with Gasteiger partial charge in [-0.15, -0.1) is 3.89 Å². The fraction of sp³-hybridized carbons (Fsp3) is 0.133. The smallest absolute Gasteiger partial charge is 0.233 e. The van der Waals surface area contributed by atoms with E-state index in [2.05, 4.69) is 4.98 Å². The number of halogens is 5. The Labute approximate surface area is 149 Å². The van der Waals surface area contributed by atoms with Crippen LogP contribution in [-0.4, -0.2) is 8.96 Å². The van der Waals surface area contributed by atoms with Gasteiger partial charge in [0.25, 0.3) is 0 Å². The summed E-state index contributed by atoms with van der Waals surface area (Å²) in [5.74, 6) is -1.48. The summed E-state index contributed by atoms with van der Waals surface area (Å²) in [7, 11) is 0. The molecule has 0 unspecified atom stereocenters. The molecule has 0 atom stereocenters. The van der Waals surface area contributed by atoms with E-state index in [9.17, 15) is 12.7 Å². The first-order valence-electron chi connectivity index (χ1n) is 6.65. The predicted molar refractivity (Wildman–Crippen MR) is 89.3 cm³/mol. The number of pyridine rings is 1. The first kappa shape index (κ1) is 17.3. The first-order chi connectivity index (χ1) is 11.4. The fourth-order valence-corrected chi connectivity index (χ4v) is 3.10. The fourth-order valence-electron chi connectivity index (χ4n) is 2.23. The van der Waals surface area contributed by atoms with Crippen LogP contribution in [0.4, 0.5) is 12.7 Å². The SMILES string of the molecule is Cc1c(Cl)n(SF)c2cc(Cl)c(OCc3c(F)cccc3F)nc12. The van der Waals surface area contributed by atoms with Crippen LogP contribution in [0.15, 0.2) is 24.3 Å². The number of hydrogen-bond donors (Lipinski definition) is 0. The van der Waals surface area contributed by atoms with Crippen LogP contribution in [0.5, 0.6) is 5.88 Å². The third kappa shape index (κ3) is 2.92. The minimum Gasteiger partial charge on any atom is -0.471 e. The van der Waals surface area contributed by atoms with Crippen LogP contribution in [-0.2, 0) is 6.61 Å². The number of rotatable bonds is 4. The van der Waals surface area contributed by atoms with Gasteiger partial charge in [-0.25, -0.2) is 17.7 Å². The molecule has 24 heavy (non-hydrogen) atoms. The molecule has 0 aliphatic carbocycles. The van der Waals surface area contributed by atoms with Gasteiger partial charge in [0.05, 0.1) is 16.6 Å². The molecular formula is C15H9Cl2F3N2OS. The van der Waals surface area contributed by atoms with Gasteiger partial charge in [-0.3, -0.25) is 0 Å². The topological polar surface area (TPSA) is 27.1 Å². The van der Waals surface area contributed by atoms with Crippen molar-refractivity contribution < 1.29 is 17.4 Å². The number of fused-ring (bicyclic) bond motifs is 1. The van der Waals surface area contributed by atoms with Crippen molar-refractivity contribution in [3.8, 4) is 5.88 Å². The van der Waals surface area contributed by atoms with Crippen LogP contribution >= 0.6 is 35.5 Å². The largest absolute Gasteiger partial charge is 0.471 e. The highest BCUT2D eigenvalue weighted by molar-refractivity contribution is 7.93. The molecule has 0 N–H and O–H groups in total. The zero-order valence-electron chi connectivity index (χ0n) is 12.1. The lowest BCUT2D eigenvalue weighted by Gasteiger charge is -2.09. The Bertz CT molecular complexity index is 913. The second-order valence-corrected chi connectivity index (χ2v) is 6.18. The van der Waals surface area contributed by atoms with Crippen LogP contribution < -0.4 is 4.74 Å². The molecule has 1 aromatic carbocycles. The molecule has 0 saturated heterocycles. The Hall–Kier alpha value is -1.57. The number of aromatic nitrogens is 2. The van der Waals surface area contributed by atoms with Crippen molar-refractivity contribution in [3.05, 3.63) is 57.2 Å². The van der Waals surface area contributed by atoms with Crippen molar-refractivity contribution in [2.45, 2.75) is 13.5 Å². The molecule has 3 aromatic rings. The number of ether oxygens (including phenoxy) is 1. The maximum Gasteiger partial charge on any atom is 0.233 e. The number of benzene rings is 1.